The highest BCUT2D eigenvalue weighted by atomic mass is 16.5. The van der Waals surface area contributed by atoms with Crippen LogP contribution in [0.2, 0.25) is 0 Å². The number of pyridine rings is 2. The number of hydrogen-bond acceptors (Lipinski definition) is 5. The Labute approximate surface area is 223 Å². The van der Waals surface area contributed by atoms with E-state index in [0.29, 0.717) is 31.2 Å². The fourth-order valence-corrected chi connectivity index (χ4v) is 4.31. The number of fused-ring (bicyclic) bond motifs is 3. The van der Waals surface area contributed by atoms with Crippen LogP contribution in [-0.4, -0.2) is 41.0 Å². The number of aromatic nitrogens is 2. The first kappa shape index (κ1) is 32.4. The lowest BCUT2D eigenvalue weighted by Crippen LogP contribution is -2.43. The maximum Gasteiger partial charge on any atom is 0.341 e. The molecule has 3 heterocycles. The standard InChI is InChI=1S/C24H30N2O5.3C2H6/c1-14(2)24(3)12-16-10-20(31-9-5-8-30-4)22(15-6-7-15)25-21(16)18-11-19(27)17(23(28)29)13-26(18)24;3*1-2/h10-11,13-15H,5-9,12H2,1-4H3,(H,28,29);3*1-2H3. The van der Waals surface area contributed by atoms with E-state index in [1.54, 1.807) is 7.11 Å². The van der Waals surface area contributed by atoms with E-state index in [4.69, 9.17) is 14.5 Å². The number of methoxy groups -OCH3 is 1. The van der Waals surface area contributed by atoms with Gasteiger partial charge in [-0.15, -0.1) is 0 Å². The third kappa shape index (κ3) is 7.22. The molecule has 0 aromatic carbocycles. The van der Waals surface area contributed by atoms with Crippen molar-refractivity contribution in [1.82, 2.24) is 9.55 Å². The molecule has 1 atom stereocenters. The molecule has 1 saturated carbocycles. The minimum atomic E-state index is -1.20. The number of hydrogen-bond donors (Lipinski definition) is 1. The summed E-state index contributed by atoms with van der Waals surface area (Å²) in [5.74, 6) is 0.197. The Bertz CT molecular complexity index is 1070. The Kier molecular flexibility index (Phi) is 13.0. The molecular formula is C30H48N2O5. The minimum Gasteiger partial charge on any atom is -0.492 e. The van der Waals surface area contributed by atoms with Crippen molar-refractivity contribution in [3.63, 3.8) is 0 Å². The molecule has 1 N–H and O–H groups in total. The van der Waals surface area contributed by atoms with Crippen LogP contribution in [0.15, 0.2) is 23.1 Å². The van der Waals surface area contributed by atoms with E-state index in [1.165, 1.54) is 12.3 Å². The Morgan fingerprint density at radius 3 is 2.27 bits per heavy atom. The number of ether oxygens (including phenoxy) is 2. The van der Waals surface area contributed by atoms with Crippen molar-refractivity contribution in [2.45, 2.75) is 99.5 Å². The van der Waals surface area contributed by atoms with E-state index in [9.17, 15) is 14.7 Å². The topological polar surface area (TPSA) is 90.7 Å². The lowest BCUT2D eigenvalue weighted by molar-refractivity contribution is 0.0693. The second kappa shape index (κ2) is 14.9. The van der Waals surface area contributed by atoms with Gasteiger partial charge < -0.3 is 19.1 Å². The number of rotatable bonds is 8. The Morgan fingerprint density at radius 2 is 1.76 bits per heavy atom. The fourth-order valence-electron chi connectivity index (χ4n) is 4.31. The molecule has 37 heavy (non-hydrogen) atoms. The highest BCUT2D eigenvalue weighted by Gasteiger charge is 2.40. The van der Waals surface area contributed by atoms with Gasteiger partial charge in [0.15, 0.2) is 5.43 Å². The third-order valence-electron chi connectivity index (χ3n) is 6.68. The summed E-state index contributed by atoms with van der Waals surface area (Å²) in [5, 5.41) is 9.50. The molecule has 1 fully saturated rings. The first-order valence-corrected chi connectivity index (χ1v) is 13.9. The number of carboxylic acids is 1. The van der Waals surface area contributed by atoms with Gasteiger partial charge in [-0.3, -0.25) is 4.79 Å². The molecule has 0 radical (unpaired) electrons. The Hall–Kier alpha value is -2.67. The molecule has 0 spiro atoms. The Balaban J connectivity index is 0.00000106. The summed E-state index contributed by atoms with van der Waals surface area (Å²) in [5.41, 5.74) is 2.32. The summed E-state index contributed by atoms with van der Waals surface area (Å²) in [6, 6.07) is 3.52. The van der Waals surface area contributed by atoms with Crippen molar-refractivity contribution in [2.75, 3.05) is 20.3 Å². The second-order valence-electron chi connectivity index (χ2n) is 9.15. The van der Waals surface area contributed by atoms with Gasteiger partial charge >= 0.3 is 5.97 Å². The minimum absolute atomic E-state index is 0.206. The van der Waals surface area contributed by atoms with Crippen molar-refractivity contribution in [3.8, 4) is 17.1 Å². The van der Waals surface area contributed by atoms with E-state index in [0.717, 1.165) is 42.0 Å². The summed E-state index contributed by atoms with van der Waals surface area (Å²) in [6.45, 7) is 19.5. The molecule has 7 heteroatoms. The van der Waals surface area contributed by atoms with Gasteiger partial charge in [-0.25, -0.2) is 9.78 Å². The molecule has 2 aromatic rings. The summed E-state index contributed by atoms with van der Waals surface area (Å²) < 4.78 is 13.2. The summed E-state index contributed by atoms with van der Waals surface area (Å²) in [4.78, 5) is 29.2. The molecule has 0 bridgehead atoms. The monoisotopic (exact) mass is 516 g/mol. The van der Waals surface area contributed by atoms with Crippen molar-refractivity contribution < 1.29 is 19.4 Å². The van der Waals surface area contributed by atoms with Crippen LogP contribution in [-0.2, 0) is 16.7 Å². The number of carboxylic acid groups (broad SMARTS) is 1. The summed E-state index contributed by atoms with van der Waals surface area (Å²) in [6.07, 6.45) is 5.14. The van der Waals surface area contributed by atoms with Gasteiger partial charge in [0.25, 0.3) is 0 Å². The molecule has 208 valence electrons. The SMILES string of the molecule is CC.CC.CC.COCCCOc1cc2c(nc1C1CC1)-c1cc(=O)c(C(=O)O)cn1C(C)(C(C)C)C2. The van der Waals surface area contributed by atoms with E-state index in [-0.39, 0.29) is 11.5 Å². The first-order chi connectivity index (χ1) is 17.8. The van der Waals surface area contributed by atoms with Crippen LogP contribution in [0.25, 0.3) is 11.4 Å². The van der Waals surface area contributed by atoms with Crippen LogP contribution >= 0.6 is 0 Å². The zero-order valence-corrected chi connectivity index (χ0v) is 24.6. The van der Waals surface area contributed by atoms with Crippen LogP contribution in [0, 0.1) is 5.92 Å². The Morgan fingerprint density at radius 1 is 1.14 bits per heavy atom. The van der Waals surface area contributed by atoms with Gasteiger partial charge in [-0.1, -0.05) is 55.4 Å². The third-order valence-corrected chi connectivity index (χ3v) is 6.68. The van der Waals surface area contributed by atoms with E-state index in [2.05, 4.69) is 26.8 Å². The van der Waals surface area contributed by atoms with Gasteiger partial charge in [0, 0.05) is 43.9 Å². The molecule has 7 nitrogen and oxygen atoms in total. The van der Waals surface area contributed by atoms with Crippen LogP contribution in [0.4, 0.5) is 0 Å². The smallest absolute Gasteiger partial charge is 0.341 e. The average Bonchev–Trinajstić information content (AvgIpc) is 3.75. The number of carbonyl (C=O) groups is 1. The summed E-state index contributed by atoms with van der Waals surface area (Å²) in [7, 11) is 1.68. The quantitative estimate of drug-likeness (QED) is 0.384. The molecule has 4 rings (SSSR count). The first-order valence-electron chi connectivity index (χ1n) is 13.9. The maximum absolute atomic E-state index is 12.6. The normalized spacial score (nSPS) is 17.1. The number of nitrogens with zero attached hydrogens (tertiary/aromatic N) is 2. The molecule has 1 aliphatic carbocycles. The van der Waals surface area contributed by atoms with Crippen molar-refractivity contribution >= 4 is 5.97 Å². The van der Waals surface area contributed by atoms with E-state index >= 15 is 0 Å². The highest BCUT2D eigenvalue weighted by Crippen LogP contribution is 2.47. The van der Waals surface area contributed by atoms with Gasteiger partial charge in [0.1, 0.15) is 11.3 Å². The second-order valence-corrected chi connectivity index (χ2v) is 9.15. The van der Waals surface area contributed by atoms with Gasteiger partial charge in [0.05, 0.1) is 23.7 Å². The van der Waals surface area contributed by atoms with Crippen molar-refractivity contribution in [2.24, 2.45) is 5.92 Å². The van der Waals surface area contributed by atoms with E-state index < -0.39 is 16.9 Å². The highest BCUT2D eigenvalue weighted by molar-refractivity contribution is 5.87. The van der Waals surface area contributed by atoms with Crippen LogP contribution < -0.4 is 10.2 Å². The lowest BCUT2D eigenvalue weighted by atomic mass is 9.78. The zero-order valence-electron chi connectivity index (χ0n) is 24.6. The molecule has 0 amide bonds. The van der Waals surface area contributed by atoms with Crippen LogP contribution in [0.3, 0.4) is 0 Å². The van der Waals surface area contributed by atoms with Crippen LogP contribution in [0.5, 0.6) is 5.75 Å². The predicted molar refractivity (Wildman–Crippen MR) is 151 cm³/mol. The summed E-state index contributed by atoms with van der Waals surface area (Å²) >= 11 is 0. The molecule has 1 aliphatic heterocycles. The van der Waals surface area contributed by atoms with Crippen LogP contribution in [0.1, 0.15) is 109 Å². The van der Waals surface area contributed by atoms with Crippen molar-refractivity contribution in [3.05, 3.63) is 45.4 Å². The largest absolute Gasteiger partial charge is 0.492 e. The molecule has 1 unspecified atom stereocenters. The average molecular weight is 517 g/mol. The molecule has 2 aromatic heterocycles. The lowest BCUT2D eigenvalue weighted by Gasteiger charge is -2.42. The maximum atomic E-state index is 12.6. The van der Waals surface area contributed by atoms with Gasteiger partial charge in [0.2, 0.25) is 0 Å². The van der Waals surface area contributed by atoms with Gasteiger partial charge in [-0.05, 0) is 43.7 Å². The van der Waals surface area contributed by atoms with Crippen molar-refractivity contribution in [1.29, 1.82) is 0 Å². The number of aromatic carboxylic acids is 1. The van der Waals surface area contributed by atoms with E-state index in [1.807, 2.05) is 46.1 Å². The van der Waals surface area contributed by atoms with Gasteiger partial charge in [-0.2, -0.15) is 0 Å². The predicted octanol–water partition coefficient (Wildman–Crippen LogP) is 6.91. The zero-order chi connectivity index (χ0) is 28.3. The molecular weight excluding hydrogens is 468 g/mol. The molecule has 0 saturated heterocycles. The molecule has 2 aliphatic rings. The fraction of sp³-hybridized carbons (Fsp3) is 0.633.